The second-order valence-corrected chi connectivity index (χ2v) is 6.27. The van der Waals surface area contributed by atoms with Crippen molar-refractivity contribution in [3.63, 3.8) is 0 Å². The molecule has 0 atom stereocenters. The van der Waals surface area contributed by atoms with Crippen LogP contribution in [0.4, 0.5) is 0 Å². The number of nitrogens with zero attached hydrogens (tertiary/aromatic N) is 2. The SMILES string of the molecule is Cc1[nH]ncc1C(=O)NCCc1nc2c(s1)CCCC2. The van der Waals surface area contributed by atoms with Crippen LogP contribution < -0.4 is 5.32 Å². The number of carbonyl (C=O) groups is 1. The normalized spacial score (nSPS) is 14.1. The average Bonchev–Trinajstić information content (AvgIpc) is 3.04. The van der Waals surface area contributed by atoms with Gasteiger partial charge in [-0.15, -0.1) is 11.3 Å². The van der Waals surface area contributed by atoms with E-state index in [1.54, 1.807) is 17.5 Å². The number of amides is 1. The first-order chi connectivity index (χ1) is 9.74. The molecular weight excluding hydrogens is 272 g/mol. The van der Waals surface area contributed by atoms with Gasteiger partial charge >= 0.3 is 0 Å². The molecular formula is C14H18N4OS. The molecule has 2 aromatic rings. The molecule has 2 heterocycles. The van der Waals surface area contributed by atoms with Crippen molar-refractivity contribution in [1.82, 2.24) is 20.5 Å². The summed E-state index contributed by atoms with van der Waals surface area (Å²) in [4.78, 5) is 18.0. The van der Waals surface area contributed by atoms with E-state index in [4.69, 9.17) is 0 Å². The van der Waals surface area contributed by atoms with Gasteiger partial charge in [-0.1, -0.05) is 0 Å². The summed E-state index contributed by atoms with van der Waals surface area (Å²) in [5.74, 6) is -0.0717. The fourth-order valence-electron chi connectivity index (χ4n) is 2.47. The lowest BCUT2D eigenvalue weighted by Crippen LogP contribution is -2.25. The molecule has 0 saturated heterocycles. The minimum Gasteiger partial charge on any atom is -0.352 e. The van der Waals surface area contributed by atoms with Crippen LogP contribution in [0.2, 0.25) is 0 Å². The van der Waals surface area contributed by atoms with E-state index < -0.39 is 0 Å². The molecule has 2 N–H and O–H groups in total. The second kappa shape index (κ2) is 5.75. The number of thiazole rings is 1. The summed E-state index contributed by atoms with van der Waals surface area (Å²) >= 11 is 1.81. The third kappa shape index (κ3) is 2.75. The maximum Gasteiger partial charge on any atom is 0.254 e. The van der Waals surface area contributed by atoms with E-state index in [2.05, 4.69) is 20.5 Å². The quantitative estimate of drug-likeness (QED) is 0.905. The smallest absolute Gasteiger partial charge is 0.254 e. The van der Waals surface area contributed by atoms with Gasteiger partial charge in [0.1, 0.15) is 0 Å². The molecule has 6 heteroatoms. The third-order valence-electron chi connectivity index (χ3n) is 3.59. The highest BCUT2D eigenvalue weighted by Crippen LogP contribution is 2.26. The van der Waals surface area contributed by atoms with Gasteiger partial charge in [0.15, 0.2) is 0 Å². The molecule has 0 aliphatic heterocycles. The minimum absolute atomic E-state index is 0.0717. The first-order valence-corrected chi connectivity index (χ1v) is 7.81. The van der Waals surface area contributed by atoms with Crippen molar-refractivity contribution in [2.24, 2.45) is 0 Å². The number of hydrogen-bond donors (Lipinski definition) is 2. The van der Waals surface area contributed by atoms with E-state index in [1.807, 2.05) is 6.92 Å². The lowest BCUT2D eigenvalue weighted by Gasteiger charge is -2.06. The van der Waals surface area contributed by atoms with Crippen molar-refractivity contribution in [2.75, 3.05) is 6.54 Å². The molecule has 0 saturated carbocycles. The maximum absolute atomic E-state index is 11.9. The van der Waals surface area contributed by atoms with Crippen molar-refractivity contribution in [1.29, 1.82) is 0 Å². The highest BCUT2D eigenvalue weighted by molar-refractivity contribution is 7.11. The lowest BCUT2D eigenvalue weighted by atomic mass is 10.0. The number of H-pyrrole nitrogens is 1. The Hall–Kier alpha value is -1.69. The predicted octanol–water partition coefficient (Wildman–Crippen LogP) is 2.03. The molecule has 1 amide bonds. The molecule has 5 nitrogen and oxygen atoms in total. The van der Waals surface area contributed by atoms with Gasteiger partial charge in [-0.25, -0.2) is 4.98 Å². The van der Waals surface area contributed by atoms with E-state index in [0.29, 0.717) is 12.1 Å². The number of nitrogens with one attached hydrogen (secondary N) is 2. The van der Waals surface area contributed by atoms with Crippen LogP contribution in [0, 0.1) is 6.92 Å². The summed E-state index contributed by atoms with van der Waals surface area (Å²) in [6.07, 6.45) is 7.20. The van der Waals surface area contributed by atoms with Crippen molar-refractivity contribution in [2.45, 2.75) is 39.0 Å². The van der Waals surface area contributed by atoms with Crippen LogP contribution in [0.15, 0.2) is 6.20 Å². The highest BCUT2D eigenvalue weighted by atomic mass is 32.1. The zero-order chi connectivity index (χ0) is 13.9. The Labute approximate surface area is 121 Å². The summed E-state index contributed by atoms with van der Waals surface area (Å²) in [7, 11) is 0. The topological polar surface area (TPSA) is 70.7 Å². The number of aromatic nitrogens is 3. The zero-order valence-electron chi connectivity index (χ0n) is 11.5. The molecule has 0 bridgehead atoms. The standard InChI is InChI=1S/C14H18N4OS/c1-9-10(8-16-18-9)14(19)15-7-6-13-17-11-4-2-3-5-12(11)20-13/h8H,2-7H2,1H3,(H,15,19)(H,16,18). The molecule has 106 valence electrons. The molecule has 0 radical (unpaired) electrons. The molecule has 0 fully saturated rings. The predicted molar refractivity (Wildman–Crippen MR) is 78.1 cm³/mol. The summed E-state index contributed by atoms with van der Waals surface area (Å²) in [6, 6.07) is 0. The van der Waals surface area contributed by atoms with Gasteiger partial charge in [0.2, 0.25) is 0 Å². The number of hydrogen-bond acceptors (Lipinski definition) is 4. The molecule has 0 spiro atoms. The fourth-order valence-corrected chi connectivity index (χ4v) is 3.63. The summed E-state index contributed by atoms with van der Waals surface area (Å²) in [5, 5.41) is 10.7. The van der Waals surface area contributed by atoms with E-state index in [0.717, 1.165) is 23.5 Å². The Bertz CT molecular complexity index is 593. The molecule has 20 heavy (non-hydrogen) atoms. The van der Waals surface area contributed by atoms with Gasteiger partial charge in [-0.2, -0.15) is 5.10 Å². The largest absolute Gasteiger partial charge is 0.352 e. The van der Waals surface area contributed by atoms with E-state index >= 15 is 0 Å². The van der Waals surface area contributed by atoms with Crippen LogP contribution in [0.5, 0.6) is 0 Å². The van der Waals surface area contributed by atoms with Gasteiger partial charge in [0.05, 0.1) is 22.5 Å². The van der Waals surface area contributed by atoms with Crippen LogP contribution in [-0.2, 0) is 19.3 Å². The minimum atomic E-state index is -0.0717. The zero-order valence-corrected chi connectivity index (χ0v) is 12.3. The molecule has 3 rings (SSSR count). The van der Waals surface area contributed by atoms with E-state index in [1.165, 1.54) is 29.8 Å². The molecule has 1 aliphatic rings. The van der Waals surface area contributed by atoms with Gasteiger partial charge in [-0.05, 0) is 32.6 Å². The Morgan fingerprint density at radius 2 is 2.30 bits per heavy atom. The second-order valence-electron chi connectivity index (χ2n) is 5.10. The van der Waals surface area contributed by atoms with Crippen molar-refractivity contribution in [3.05, 3.63) is 33.0 Å². The Balaban J connectivity index is 1.54. The Morgan fingerprint density at radius 1 is 1.45 bits per heavy atom. The Morgan fingerprint density at radius 3 is 3.05 bits per heavy atom. The van der Waals surface area contributed by atoms with Crippen LogP contribution in [0.25, 0.3) is 0 Å². The first-order valence-electron chi connectivity index (χ1n) is 6.99. The number of rotatable bonds is 4. The monoisotopic (exact) mass is 290 g/mol. The number of aryl methyl sites for hydroxylation is 3. The Kier molecular flexibility index (Phi) is 3.82. The molecule has 0 unspecified atom stereocenters. The lowest BCUT2D eigenvalue weighted by molar-refractivity contribution is 0.0953. The molecule has 1 aliphatic carbocycles. The summed E-state index contributed by atoms with van der Waals surface area (Å²) in [6.45, 7) is 2.46. The van der Waals surface area contributed by atoms with E-state index in [-0.39, 0.29) is 5.91 Å². The first kappa shape index (κ1) is 13.3. The van der Waals surface area contributed by atoms with Gasteiger partial charge in [0.25, 0.3) is 5.91 Å². The molecule has 2 aromatic heterocycles. The van der Waals surface area contributed by atoms with Gasteiger partial charge in [0, 0.05) is 23.5 Å². The van der Waals surface area contributed by atoms with Crippen molar-refractivity contribution in [3.8, 4) is 0 Å². The average molecular weight is 290 g/mol. The van der Waals surface area contributed by atoms with Gasteiger partial charge in [-0.3, -0.25) is 9.89 Å². The highest BCUT2D eigenvalue weighted by Gasteiger charge is 2.15. The van der Waals surface area contributed by atoms with Crippen molar-refractivity contribution < 1.29 is 4.79 Å². The van der Waals surface area contributed by atoms with Crippen LogP contribution in [0.1, 0.15) is 44.5 Å². The summed E-state index contributed by atoms with van der Waals surface area (Å²) in [5.41, 5.74) is 2.70. The number of carbonyl (C=O) groups excluding carboxylic acids is 1. The summed E-state index contributed by atoms with van der Waals surface area (Å²) < 4.78 is 0. The van der Waals surface area contributed by atoms with Crippen molar-refractivity contribution >= 4 is 17.2 Å². The molecule has 0 aromatic carbocycles. The van der Waals surface area contributed by atoms with Gasteiger partial charge < -0.3 is 5.32 Å². The third-order valence-corrected chi connectivity index (χ3v) is 4.81. The number of fused-ring (bicyclic) bond motifs is 1. The van der Waals surface area contributed by atoms with Crippen LogP contribution >= 0.6 is 11.3 Å². The maximum atomic E-state index is 11.9. The van der Waals surface area contributed by atoms with Crippen LogP contribution in [0.3, 0.4) is 0 Å². The fraction of sp³-hybridized carbons (Fsp3) is 0.500. The van der Waals surface area contributed by atoms with Crippen LogP contribution in [-0.4, -0.2) is 27.6 Å². The number of aromatic amines is 1. The van der Waals surface area contributed by atoms with E-state index in [9.17, 15) is 4.79 Å².